The fourth-order valence-corrected chi connectivity index (χ4v) is 6.61. The van der Waals surface area contributed by atoms with E-state index < -0.39 is 0 Å². The molecule has 160 valence electrons. The van der Waals surface area contributed by atoms with Gasteiger partial charge in [-0.1, -0.05) is 13.8 Å². The molecule has 1 fully saturated rings. The number of thiophene rings is 1. The maximum atomic E-state index is 10.2. The quantitative estimate of drug-likeness (QED) is 0.693. The lowest BCUT2D eigenvalue weighted by Gasteiger charge is -2.44. The molecule has 0 bridgehead atoms. The molecule has 2 aromatic rings. The molecule has 0 amide bonds. The minimum absolute atomic E-state index is 0.226. The van der Waals surface area contributed by atoms with E-state index in [1.807, 2.05) is 0 Å². The van der Waals surface area contributed by atoms with Gasteiger partial charge in [0.15, 0.2) is 0 Å². The largest absolute Gasteiger partial charge is 0.474 e. The van der Waals surface area contributed by atoms with Crippen LogP contribution in [0.15, 0.2) is 6.33 Å². The molecule has 0 spiro atoms. The molecule has 5 nitrogen and oxygen atoms in total. The lowest BCUT2D eigenvalue weighted by molar-refractivity contribution is 0.0402. The van der Waals surface area contributed by atoms with Gasteiger partial charge in [-0.15, -0.1) is 11.3 Å². The molecular formula is C23H35N3O2S. The minimum Gasteiger partial charge on any atom is -0.474 e. The average molecular weight is 418 g/mol. The van der Waals surface area contributed by atoms with E-state index in [9.17, 15) is 5.11 Å². The summed E-state index contributed by atoms with van der Waals surface area (Å²) in [5.41, 5.74) is 1.67. The minimum atomic E-state index is -0.235. The Bertz CT molecular complexity index is 842. The van der Waals surface area contributed by atoms with Crippen LogP contribution >= 0.6 is 11.3 Å². The third-order valence-electron chi connectivity index (χ3n) is 7.47. The SMILES string of the molecule is CC[C@H](O)C[C@H]1CCc2sc3ncnc(O[C@H]4CC[C@](CC)(N(C)C)CC4)c3c21. The first-order valence-corrected chi connectivity index (χ1v) is 12.1. The summed E-state index contributed by atoms with van der Waals surface area (Å²) in [5, 5.41) is 11.4. The van der Waals surface area contributed by atoms with E-state index in [4.69, 9.17) is 4.74 Å². The summed E-state index contributed by atoms with van der Waals surface area (Å²) in [6.07, 6.45) is 11.1. The standard InChI is InChI=1S/C23H35N3O2S/c1-5-16(27)13-15-7-8-18-19(15)20-21(24-14-25-22(20)29-18)28-17-9-11-23(6-2,12-10-17)26(3)4/h14-17,27H,5-13H2,1-4H3/t15-,16+,17-,23-/m1/s1. The summed E-state index contributed by atoms with van der Waals surface area (Å²) in [4.78, 5) is 14.0. The predicted molar refractivity (Wildman–Crippen MR) is 119 cm³/mol. The van der Waals surface area contributed by atoms with Crippen molar-refractivity contribution in [1.29, 1.82) is 0 Å². The van der Waals surface area contributed by atoms with Crippen LogP contribution in [0.25, 0.3) is 10.2 Å². The number of ether oxygens (including phenoxy) is 1. The first-order valence-electron chi connectivity index (χ1n) is 11.3. The predicted octanol–water partition coefficient (Wildman–Crippen LogP) is 4.91. The molecule has 4 rings (SSSR count). The number of aliphatic hydroxyl groups is 1. The molecule has 0 aromatic carbocycles. The van der Waals surface area contributed by atoms with Gasteiger partial charge in [0.25, 0.3) is 0 Å². The van der Waals surface area contributed by atoms with Gasteiger partial charge in [0.1, 0.15) is 17.3 Å². The molecule has 29 heavy (non-hydrogen) atoms. The van der Waals surface area contributed by atoms with Crippen LogP contribution in [0.1, 0.15) is 81.6 Å². The molecule has 2 aliphatic carbocycles. The van der Waals surface area contributed by atoms with Crippen LogP contribution in [0.5, 0.6) is 5.88 Å². The lowest BCUT2D eigenvalue weighted by Crippen LogP contribution is -2.48. The summed E-state index contributed by atoms with van der Waals surface area (Å²) in [5.74, 6) is 1.17. The summed E-state index contributed by atoms with van der Waals surface area (Å²) in [6.45, 7) is 4.35. The van der Waals surface area contributed by atoms with Crippen LogP contribution in [-0.2, 0) is 6.42 Å². The lowest BCUT2D eigenvalue weighted by atomic mass is 9.77. The second-order valence-electron chi connectivity index (χ2n) is 9.12. The highest BCUT2D eigenvalue weighted by Crippen LogP contribution is 2.48. The van der Waals surface area contributed by atoms with E-state index >= 15 is 0 Å². The topological polar surface area (TPSA) is 58.5 Å². The zero-order valence-corrected chi connectivity index (χ0v) is 19.1. The molecule has 0 saturated heterocycles. The van der Waals surface area contributed by atoms with Crippen LogP contribution in [0.4, 0.5) is 0 Å². The van der Waals surface area contributed by atoms with Gasteiger partial charge in [0.2, 0.25) is 5.88 Å². The number of aryl methyl sites for hydroxylation is 1. The van der Waals surface area contributed by atoms with Crippen LogP contribution < -0.4 is 4.74 Å². The molecule has 2 atom stereocenters. The number of hydrogen-bond acceptors (Lipinski definition) is 6. The first-order chi connectivity index (χ1) is 14.0. The summed E-state index contributed by atoms with van der Waals surface area (Å²) in [6, 6.07) is 0. The van der Waals surface area contributed by atoms with Crippen molar-refractivity contribution in [3.63, 3.8) is 0 Å². The van der Waals surface area contributed by atoms with Crippen molar-refractivity contribution >= 4 is 21.6 Å². The Balaban J connectivity index is 1.56. The van der Waals surface area contributed by atoms with Crippen LogP contribution in [0.3, 0.4) is 0 Å². The van der Waals surface area contributed by atoms with Crippen LogP contribution in [0, 0.1) is 0 Å². The van der Waals surface area contributed by atoms with Crippen LogP contribution in [-0.4, -0.2) is 51.8 Å². The molecule has 6 heteroatoms. The Labute approximate surface area is 178 Å². The normalized spacial score (nSPS) is 28.1. The zero-order valence-electron chi connectivity index (χ0n) is 18.3. The number of fused-ring (bicyclic) bond motifs is 3. The fourth-order valence-electron chi connectivity index (χ4n) is 5.38. The second-order valence-corrected chi connectivity index (χ2v) is 10.2. The van der Waals surface area contributed by atoms with Gasteiger partial charge in [0, 0.05) is 10.4 Å². The maximum absolute atomic E-state index is 10.2. The Kier molecular flexibility index (Phi) is 6.14. The van der Waals surface area contributed by atoms with Crippen molar-refractivity contribution < 1.29 is 9.84 Å². The monoisotopic (exact) mass is 417 g/mol. The van der Waals surface area contributed by atoms with Crippen molar-refractivity contribution in [2.24, 2.45) is 0 Å². The highest BCUT2D eigenvalue weighted by Gasteiger charge is 2.37. The third-order valence-corrected chi connectivity index (χ3v) is 8.65. The van der Waals surface area contributed by atoms with Crippen LogP contribution in [0.2, 0.25) is 0 Å². The maximum Gasteiger partial charge on any atom is 0.225 e. The number of aromatic nitrogens is 2. The van der Waals surface area contributed by atoms with Gasteiger partial charge in [0.05, 0.1) is 11.5 Å². The molecule has 0 unspecified atom stereocenters. The van der Waals surface area contributed by atoms with E-state index in [-0.39, 0.29) is 12.2 Å². The Hall–Kier alpha value is -1.24. The van der Waals surface area contributed by atoms with Crippen molar-refractivity contribution in [2.45, 2.75) is 95.3 Å². The smallest absolute Gasteiger partial charge is 0.225 e. The van der Waals surface area contributed by atoms with Gasteiger partial charge < -0.3 is 14.7 Å². The van der Waals surface area contributed by atoms with Gasteiger partial charge in [-0.3, -0.25) is 0 Å². The Morgan fingerprint density at radius 1 is 1.24 bits per heavy atom. The Morgan fingerprint density at radius 3 is 2.66 bits per heavy atom. The van der Waals surface area contributed by atoms with E-state index in [1.54, 1.807) is 17.7 Å². The number of nitrogens with zero attached hydrogens (tertiary/aromatic N) is 3. The summed E-state index contributed by atoms with van der Waals surface area (Å²) >= 11 is 1.79. The molecule has 0 radical (unpaired) electrons. The highest BCUT2D eigenvalue weighted by molar-refractivity contribution is 7.19. The molecule has 2 aromatic heterocycles. The zero-order chi connectivity index (χ0) is 20.6. The summed E-state index contributed by atoms with van der Waals surface area (Å²) in [7, 11) is 4.41. The number of rotatable bonds is 7. The number of aliphatic hydroxyl groups excluding tert-OH is 1. The van der Waals surface area contributed by atoms with E-state index in [1.165, 1.54) is 29.7 Å². The van der Waals surface area contributed by atoms with Crippen molar-refractivity contribution in [2.75, 3.05) is 14.1 Å². The second kappa shape index (κ2) is 8.48. The molecule has 2 aliphatic rings. The van der Waals surface area contributed by atoms with E-state index in [0.717, 1.165) is 54.6 Å². The molecule has 1 N–H and O–H groups in total. The van der Waals surface area contributed by atoms with Gasteiger partial charge in [-0.2, -0.15) is 0 Å². The summed E-state index contributed by atoms with van der Waals surface area (Å²) < 4.78 is 6.52. The van der Waals surface area contributed by atoms with Gasteiger partial charge in [-0.25, -0.2) is 9.97 Å². The number of hydrogen-bond donors (Lipinski definition) is 1. The first kappa shape index (κ1) is 21.0. The van der Waals surface area contributed by atoms with Gasteiger partial charge >= 0.3 is 0 Å². The molecule has 0 aliphatic heterocycles. The highest BCUT2D eigenvalue weighted by atomic mass is 32.1. The third kappa shape index (κ3) is 3.91. The van der Waals surface area contributed by atoms with Gasteiger partial charge in [-0.05, 0) is 83.4 Å². The average Bonchev–Trinajstić information content (AvgIpc) is 3.28. The van der Waals surface area contributed by atoms with E-state index in [0.29, 0.717) is 11.5 Å². The van der Waals surface area contributed by atoms with Crippen molar-refractivity contribution in [3.8, 4) is 5.88 Å². The Morgan fingerprint density at radius 2 is 2.00 bits per heavy atom. The molecule has 2 heterocycles. The molecule has 1 saturated carbocycles. The van der Waals surface area contributed by atoms with Crippen molar-refractivity contribution in [1.82, 2.24) is 14.9 Å². The van der Waals surface area contributed by atoms with Crippen molar-refractivity contribution in [3.05, 3.63) is 16.8 Å². The fraction of sp³-hybridized carbons (Fsp3) is 0.739. The molecular weight excluding hydrogens is 382 g/mol. The van der Waals surface area contributed by atoms with E-state index in [2.05, 4.69) is 42.8 Å².